The summed E-state index contributed by atoms with van der Waals surface area (Å²) in [7, 11) is 0. The minimum atomic E-state index is 0.262. The van der Waals surface area contributed by atoms with Crippen LogP contribution in [0, 0.1) is 12.8 Å². The van der Waals surface area contributed by atoms with Crippen molar-refractivity contribution in [1.82, 2.24) is 0 Å². The Labute approximate surface area is 111 Å². The molecule has 0 spiro atoms. The summed E-state index contributed by atoms with van der Waals surface area (Å²) in [6, 6.07) is 6.28. The smallest absolute Gasteiger partial charge is 0.227 e. The van der Waals surface area contributed by atoms with E-state index in [1.54, 1.807) is 0 Å². The van der Waals surface area contributed by atoms with Crippen molar-refractivity contribution in [2.45, 2.75) is 26.7 Å². The molecule has 3 heteroatoms. The van der Waals surface area contributed by atoms with E-state index >= 15 is 0 Å². The fourth-order valence-corrected chi connectivity index (χ4v) is 2.93. The molecule has 0 radical (unpaired) electrons. The van der Waals surface area contributed by atoms with Gasteiger partial charge in [-0.25, -0.2) is 0 Å². The van der Waals surface area contributed by atoms with Gasteiger partial charge in [0, 0.05) is 24.0 Å². The van der Waals surface area contributed by atoms with E-state index in [2.05, 4.69) is 48.0 Å². The monoisotopic (exact) mass is 295 g/mol. The summed E-state index contributed by atoms with van der Waals surface area (Å²) in [5.41, 5.74) is 3.62. The van der Waals surface area contributed by atoms with Crippen LogP contribution in [0.4, 0.5) is 5.69 Å². The number of hydrogen-bond acceptors (Lipinski definition) is 1. The van der Waals surface area contributed by atoms with Crippen LogP contribution in [0.15, 0.2) is 18.2 Å². The number of para-hydroxylation sites is 1. The SMILES string of the molecule is CCc1cccc(C)c1N1CC(CBr)CC1=O. The second-order valence-corrected chi connectivity index (χ2v) is 5.31. The molecule has 1 amide bonds. The van der Waals surface area contributed by atoms with Gasteiger partial charge in [-0.1, -0.05) is 41.1 Å². The summed E-state index contributed by atoms with van der Waals surface area (Å²) < 4.78 is 0. The second kappa shape index (κ2) is 5.21. The Morgan fingerprint density at radius 2 is 2.24 bits per heavy atom. The molecule has 1 heterocycles. The lowest BCUT2D eigenvalue weighted by Gasteiger charge is -2.22. The Balaban J connectivity index is 2.37. The molecule has 0 aliphatic carbocycles. The number of anilines is 1. The number of alkyl halides is 1. The zero-order chi connectivity index (χ0) is 12.4. The van der Waals surface area contributed by atoms with Crippen LogP contribution in [0.3, 0.4) is 0 Å². The molecule has 1 aromatic carbocycles. The zero-order valence-corrected chi connectivity index (χ0v) is 12.0. The molecule has 1 saturated heterocycles. The lowest BCUT2D eigenvalue weighted by molar-refractivity contribution is -0.117. The van der Waals surface area contributed by atoms with Crippen LogP contribution in [0.2, 0.25) is 0 Å². The molecule has 0 N–H and O–H groups in total. The zero-order valence-electron chi connectivity index (χ0n) is 10.4. The van der Waals surface area contributed by atoms with E-state index in [0.29, 0.717) is 12.3 Å². The summed E-state index contributed by atoms with van der Waals surface area (Å²) in [5, 5.41) is 0.905. The predicted molar refractivity (Wildman–Crippen MR) is 74.8 cm³/mol. The lowest BCUT2D eigenvalue weighted by Crippen LogP contribution is -2.26. The van der Waals surface area contributed by atoms with Crippen molar-refractivity contribution in [3.63, 3.8) is 0 Å². The summed E-state index contributed by atoms with van der Waals surface area (Å²) >= 11 is 3.48. The molecule has 2 rings (SSSR count). The van der Waals surface area contributed by atoms with E-state index < -0.39 is 0 Å². The van der Waals surface area contributed by atoms with Gasteiger partial charge in [0.15, 0.2) is 0 Å². The van der Waals surface area contributed by atoms with Gasteiger partial charge in [-0.05, 0) is 30.4 Å². The topological polar surface area (TPSA) is 20.3 Å². The Hall–Kier alpha value is -0.830. The molecule has 0 bridgehead atoms. The van der Waals surface area contributed by atoms with Crippen molar-refractivity contribution in [2.75, 3.05) is 16.8 Å². The highest BCUT2D eigenvalue weighted by Crippen LogP contribution is 2.31. The minimum Gasteiger partial charge on any atom is -0.312 e. The molecular formula is C14H18BrNO. The van der Waals surface area contributed by atoms with Crippen LogP contribution in [0.1, 0.15) is 24.5 Å². The highest BCUT2D eigenvalue weighted by Gasteiger charge is 2.31. The Bertz CT molecular complexity index is 430. The number of rotatable bonds is 3. The van der Waals surface area contributed by atoms with Gasteiger partial charge in [-0.3, -0.25) is 4.79 Å². The Morgan fingerprint density at radius 3 is 2.82 bits per heavy atom. The average Bonchev–Trinajstić information content (AvgIpc) is 2.70. The largest absolute Gasteiger partial charge is 0.312 e. The van der Waals surface area contributed by atoms with E-state index in [-0.39, 0.29) is 5.91 Å². The van der Waals surface area contributed by atoms with Crippen LogP contribution < -0.4 is 4.90 Å². The number of hydrogen-bond donors (Lipinski definition) is 0. The lowest BCUT2D eigenvalue weighted by atomic mass is 10.0. The van der Waals surface area contributed by atoms with E-state index in [0.717, 1.165) is 24.0 Å². The number of halogens is 1. The molecule has 1 aromatic rings. The van der Waals surface area contributed by atoms with Gasteiger partial charge in [0.2, 0.25) is 5.91 Å². The summed E-state index contributed by atoms with van der Waals surface area (Å²) in [6.07, 6.45) is 1.64. The molecule has 92 valence electrons. The number of aryl methyl sites for hydroxylation is 2. The number of benzene rings is 1. The highest BCUT2D eigenvalue weighted by atomic mass is 79.9. The standard InChI is InChI=1S/C14H18BrNO/c1-3-12-6-4-5-10(2)14(12)16-9-11(8-15)7-13(16)17/h4-6,11H,3,7-9H2,1-2H3. The van der Waals surface area contributed by atoms with Crippen LogP contribution in [-0.2, 0) is 11.2 Å². The van der Waals surface area contributed by atoms with Crippen LogP contribution in [0.5, 0.6) is 0 Å². The van der Waals surface area contributed by atoms with Crippen LogP contribution >= 0.6 is 15.9 Å². The average molecular weight is 296 g/mol. The van der Waals surface area contributed by atoms with E-state index in [4.69, 9.17) is 0 Å². The maximum Gasteiger partial charge on any atom is 0.227 e. The van der Waals surface area contributed by atoms with Crippen molar-refractivity contribution in [1.29, 1.82) is 0 Å². The van der Waals surface area contributed by atoms with Gasteiger partial charge in [0.05, 0.1) is 0 Å². The van der Waals surface area contributed by atoms with Crippen LogP contribution in [0.25, 0.3) is 0 Å². The highest BCUT2D eigenvalue weighted by molar-refractivity contribution is 9.09. The van der Waals surface area contributed by atoms with Crippen molar-refractivity contribution in [3.8, 4) is 0 Å². The first-order valence-electron chi connectivity index (χ1n) is 6.12. The van der Waals surface area contributed by atoms with Gasteiger partial charge in [0.1, 0.15) is 0 Å². The summed E-state index contributed by atoms with van der Waals surface area (Å²) in [4.78, 5) is 14.0. The van der Waals surface area contributed by atoms with Crippen molar-refractivity contribution in [2.24, 2.45) is 5.92 Å². The fourth-order valence-electron chi connectivity index (χ4n) is 2.49. The number of amides is 1. The van der Waals surface area contributed by atoms with E-state index in [1.165, 1.54) is 11.1 Å². The fraction of sp³-hybridized carbons (Fsp3) is 0.500. The molecule has 1 unspecified atom stereocenters. The van der Waals surface area contributed by atoms with Gasteiger partial charge < -0.3 is 4.90 Å². The molecule has 1 aliphatic rings. The van der Waals surface area contributed by atoms with Gasteiger partial charge in [0.25, 0.3) is 0 Å². The van der Waals surface area contributed by atoms with Crippen molar-refractivity contribution in [3.05, 3.63) is 29.3 Å². The molecule has 1 aliphatic heterocycles. The maximum absolute atomic E-state index is 12.1. The second-order valence-electron chi connectivity index (χ2n) is 4.66. The molecule has 0 aromatic heterocycles. The minimum absolute atomic E-state index is 0.262. The van der Waals surface area contributed by atoms with Crippen molar-refractivity contribution >= 4 is 27.5 Å². The predicted octanol–water partition coefficient (Wildman–Crippen LogP) is 3.31. The molecule has 0 saturated carbocycles. The first-order chi connectivity index (χ1) is 8.17. The third-order valence-electron chi connectivity index (χ3n) is 3.40. The number of nitrogens with zero attached hydrogens (tertiary/aromatic N) is 1. The molecule has 2 nitrogen and oxygen atoms in total. The van der Waals surface area contributed by atoms with E-state index in [9.17, 15) is 4.79 Å². The first-order valence-corrected chi connectivity index (χ1v) is 7.24. The Morgan fingerprint density at radius 1 is 1.47 bits per heavy atom. The number of carbonyl (C=O) groups excluding carboxylic acids is 1. The van der Waals surface area contributed by atoms with Gasteiger partial charge in [-0.15, -0.1) is 0 Å². The molecule has 1 atom stereocenters. The molecule has 17 heavy (non-hydrogen) atoms. The quantitative estimate of drug-likeness (QED) is 0.784. The third kappa shape index (κ3) is 2.39. The van der Waals surface area contributed by atoms with Crippen molar-refractivity contribution < 1.29 is 4.79 Å². The molecular weight excluding hydrogens is 278 g/mol. The number of carbonyl (C=O) groups is 1. The summed E-state index contributed by atoms with van der Waals surface area (Å²) in [6.45, 7) is 5.08. The third-order valence-corrected chi connectivity index (χ3v) is 4.31. The normalized spacial score (nSPS) is 20.1. The first kappa shape index (κ1) is 12.6. The molecule has 1 fully saturated rings. The summed E-state index contributed by atoms with van der Waals surface area (Å²) in [5.74, 6) is 0.713. The van der Waals surface area contributed by atoms with E-state index in [1.807, 2.05) is 4.90 Å². The van der Waals surface area contributed by atoms with Gasteiger partial charge in [-0.2, -0.15) is 0 Å². The maximum atomic E-state index is 12.1. The Kier molecular flexibility index (Phi) is 3.87. The van der Waals surface area contributed by atoms with Crippen LogP contribution in [-0.4, -0.2) is 17.8 Å². The van der Waals surface area contributed by atoms with Gasteiger partial charge >= 0.3 is 0 Å².